The van der Waals surface area contributed by atoms with Crippen LogP contribution in [0.4, 0.5) is 0 Å². The number of methoxy groups -OCH3 is 3. The maximum absolute atomic E-state index is 11.5. The molecule has 6 heteroatoms. The van der Waals surface area contributed by atoms with E-state index in [4.69, 9.17) is 14.2 Å². The van der Waals surface area contributed by atoms with Crippen LogP contribution >= 0.6 is 0 Å². The second kappa shape index (κ2) is 7.73. The fourth-order valence-corrected chi connectivity index (χ4v) is 2.04. The lowest BCUT2D eigenvalue weighted by molar-refractivity contribution is -0.139. The number of aliphatic carboxylic acids is 1. The van der Waals surface area contributed by atoms with Gasteiger partial charge in [0, 0.05) is 5.56 Å². The van der Waals surface area contributed by atoms with Crippen molar-refractivity contribution in [3.05, 3.63) is 17.7 Å². The Hall–Kier alpha value is -1.95. The maximum Gasteiger partial charge on any atom is 0.325 e. The van der Waals surface area contributed by atoms with Gasteiger partial charge in [-0.15, -0.1) is 0 Å². The molecule has 0 fully saturated rings. The van der Waals surface area contributed by atoms with E-state index >= 15 is 0 Å². The molecule has 118 valence electrons. The van der Waals surface area contributed by atoms with Crippen LogP contribution in [0.1, 0.15) is 25.5 Å². The van der Waals surface area contributed by atoms with Crippen molar-refractivity contribution in [2.45, 2.75) is 19.9 Å². The third-order valence-electron chi connectivity index (χ3n) is 3.02. The van der Waals surface area contributed by atoms with Crippen molar-refractivity contribution in [2.24, 2.45) is 5.92 Å². The van der Waals surface area contributed by atoms with E-state index in [0.29, 0.717) is 35.3 Å². The van der Waals surface area contributed by atoms with E-state index in [1.807, 2.05) is 13.8 Å². The predicted molar refractivity (Wildman–Crippen MR) is 79.3 cm³/mol. The summed E-state index contributed by atoms with van der Waals surface area (Å²) in [6.07, 6.45) is 0. The van der Waals surface area contributed by atoms with E-state index in [1.165, 1.54) is 21.3 Å². The number of carbonyl (C=O) groups is 1. The highest BCUT2D eigenvalue weighted by Crippen LogP contribution is 2.42. The Morgan fingerprint density at radius 2 is 1.76 bits per heavy atom. The second-order valence-corrected chi connectivity index (χ2v) is 5.00. The molecule has 1 rings (SSSR count). The largest absolute Gasteiger partial charge is 0.493 e. The van der Waals surface area contributed by atoms with Gasteiger partial charge < -0.3 is 24.6 Å². The van der Waals surface area contributed by atoms with E-state index < -0.39 is 12.0 Å². The minimum Gasteiger partial charge on any atom is -0.493 e. The molecule has 0 aromatic heterocycles. The average Bonchev–Trinajstić information content (AvgIpc) is 2.45. The first kappa shape index (κ1) is 17.1. The number of benzene rings is 1. The van der Waals surface area contributed by atoms with Gasteiger partial charge in [-0.05, 0) is 24.6 Å². The standard InChI is InChI=1S/C15H23NO5/c1-9(2)8-16-12(15(17)18)10-6-7-11(19-3)14(21-5)13(10)20-4/h6-7,9,12,16H,8H2,1-5H3,(H,17,18). The number of rotatable bonds is 8. The number of carboxylic acids is 1. The maximum atomic E-state index is 11.5. The van der Waals surface area contributed by atoms with Gasteiger partial charge in [0.05, 0.1) is 21.3 Å². The second-order valence-electron chi connectivity index (χ2n) is 5.00. The lowest BCUT2D eigenvalue weighted by Gasteiger charge is -2.21. The summed E-state index contributed by atoms with van der Waals surface area (Å²) in [5.74, 6) is 0.598. The summed E-state index contributed by atoms with van der Waals surface area (Å²) in [4.78, 5) is 11.5. The van der Waals surface area contributed by atoms with E-state index in [9.17, 15) is 9.90 Å². The van der Waals surface area contributed by atoms with Crippen LogP contribution in [0, 0.1) is 5.92 Å². The molecule has 6 nitrogen and oxygen atoms in total. The highest BCUT2D eigenvalue weighted by Gasteiger charge is 2.27. The van der Waals surface area contributed by atoms with Crippen LogP contribution in [0.5, 0.6) is 17.2 Å². The van der Waals surface area contributed by atoms with Crippen LogP contribution in [0.15, 0.2) is 12.1 Å². The fourth-order valence-electron chi connectivity index (χ4n) is 2.04. The Balaban J connectivity index is 3.27. The lowest BCUT2D eigenvalue weighted by atomic mass is 10.0. The fraction of sp³-hybridized carbons (Fsp3) is 0.533. The van der Waals surface area contributed by atoms with Gasteiger partial charge in [0.25, 0.3) is 0 Å². The molecule has 0 radical (unpaired) electrons. The Kier molecular flexibility index (Phi) is 6.30. The molecule has 21 heavy (non-hydrogen) atoms. The summed E-state index contributed by atoms with van der Waals surface area (Å²) in [7, 11) is 4.48. The summed E-state index contributed by atoms with van der Waals surface area (Å²) in [6, 6.07) is 2.47. The predicted octanol–water partition coefficient (Wildman–Crippen LogP) is 2.08. The van der Waals surface area contributed by atoms with Gasteiger partial charge in [-0.2, -0.15) is 0 Å². The first-order valence-electron chi connectivity index (χ1n) is 6.71. The van der Waals surface area contributed by atoms with Gasteiger partial charge in [0.15, 0.2) is 11.5 Å². The van der Waals surface area contributed by atoms with Gasteiger partial charge in [-0.3, -0.25) is 4.79 Å². The molecule has 0 spiro atoms. The third kappa shape index (κ3) is 4.01. The van der Waals surface area contributed by atoms with Gasteiger partial charge in [-0.25, -0.2) is 0 Å². The number of ether oxygens (including phenoxy) is 3. The molecular formula is C15H23NO5. The van der Waals surface area contributed by atoms with Crippen molar-refractivity contribution in [3.63, 3.8) is 0 Å². The summed E-state index contributed by atoms with van der Waals surface area (Å²) in [5.41, 5.74) is 0.503. The number of hydrogen-bond acceptors (Lipinski definition) is 5. The average molecular weight is 297 g/mol. The molecule has 0 bridgehead atoms. The first-order valence-corrected chi connectivity index (χ1v) is 6.71. The molecule has 0 saturated carbocycles. The van der Waals surface area contributed by atoms with Crippen molar-refractivity contribution >= 4 is 5.97 Å². The van der Waals surface area contributed by atoms with Crippen LogP contribution in [0.2, 0.25) is 0 Å². The lowest BCUT2D eigenvalue weighted by Crippen LogP contribution is -2.31. The molecular weight excluding hydrogens is 274 g/mol. The highest BCUT2D eigenvalue weighted by atomic mass is 16.5. The molecule has 0 aliphatic rings. The zero-order valence-electron chi connectivity index (χ0n) is 13.1. The van der Waals surface area contributed by atoms with Crippen LogP contribution < -0.4 is 19.5 Å². The summed E-state index contributed by atoms with van der Waals surface area (Å²) < 4.78 is 15.8. The molecule has 0 heterocycles. The molecule has 1 aromatic carbocycles. The zero-order chi connectivity index (χ0) is 16.0. The van der Waals surface area contributed by atoms with Crippen molar-refractivity contribution in [1.82, 2.24) is 5.32 Å². The van der Waals surface area contributed by atoms with Crippen LogP contribution in [-0.4, -0.2) is 38.9 Å². The van der Waals surface area contributed by atoms with Gasteiger partial charge in [0.2, 0.25) is 5.75 Å². The van der Waals surface area contributed by atoms with Crippen molar-refractivity contribution in [2.75, 3.05) is 27.9 Å². The van der Waals surface area contributed by atoms with E-state index in [2.05, 4.69) is 5.32 Å². The van der Waals surface area contributed by atoms with Gasteiger partial charge in [-0.1, -0.05) is 13.8 Å². The minimum absolute atomic E-state index is 0.331. The molecule has 0 aliphatic heterocycles. The summed E-state index contributed by atoms with van der Waals surface area (Å²) >= 11 is 0. The van der Waals surface area contributed by atoms with Crippen LogP contribution in [-0.2, 0) is 4.79 Å². The minimum atomic E-state index is -0.971. The quantitative estimate of drug-likeness (QED) is 0.765. The van der Waals surface area contributed by atoms with Gasteiger partial charge in [0.1, 0.15) is 6.04 Å². The van der Waals surface area contributed by atoms with Crippen LogP contribution in [0.3, 0.4) is 0 Å². The van der Waals surface area contributed by atoms with E-state index in [0.717, 1.165) is 0 Å². The molecule has 0 amide bonds. The molecule has 2 N–H and O–H groups in total. The zero-order valence-corrected chi connectivity index (χ0v) is 13.1. The molecule has 1 aromatic rings. The smallest absolute Gasteiger partial charge is 0.325 e. The van der Waals surface area contributed by atoms with E-state index in [-0.39, 0.29) is 0 Å². The third-order valence-corrected chi connectivity index (χ3v) is 3.02. The first-order chi connectivity index (χ1) is 9.96. The highest BCUT2D eigenvalue weighted by molar-refractivity contribution is 5.78. The van der Waals surface area contributed by atoms with Crippen molar-refractivity contribution < 1.29 is 24.1 Å². The number of carboxylic acid groups (broad SMARTS) is 1. The molecule has 0 aliphatic carbocycles. The monoisotopic (exact) mass is 297 g/mol. The Labute approximate surface area is 125 Å². The van der Waals surface area contributed by atoms with Gasteiger partial charge >= 0.3 is 5.97 Å². The topological polar surface area (TPSA) is 77.0 Å². The van der Waals surface area contributed by atoms with Crippen molar-refractivity contribution in [3.8, 4) is 17.2 Å². The SMILES string of the molecule is COc1ccc(C(NCC(C)C)C(=O)O)c(OC)c1OC. The van der Waals surface area contributed by atoms with Crippen LogP contribution in [0.25, 0.3) is 0 Å². The van der Waals surface area contributed by atoms with Crippen molar-refractivity contribution in [1.29, 1.82) is 0 Å². The molecule has 1 atom stereocenters. The normalized spacial score (nSPS) is 12.1. The number of nitrogens with one attached hydrogen (secondary N) is 1. The molecule has 0 saturated heterocycles. The Morgan fingerprint density at radius 1 is 1.14 bits per heavy atom. The summed E-state index contributed by atoms with van der Waals surface area (Å²) in [6.45, 7) is 4.60. The summed E-state index contributed by atoms with van der Waals surface area (Å²) in [5, 5.41) is 12.5. The van der Waals surface area contributed by atoms with E-state index in [1.54, 1.807) is 12.1 Å². The Bertz CT molecular complexity index is 487. The Morgan fingerprint density at radius 3 is 2.19 bits per heavy atom. The number of hydrogen-bond donors (Lipinski definition) is 2. The molecule has 1 unspecified atom stereocenters.